The molecule has 1 N–H and O–H groups in total. The highest BCUT2D eigenvalue weighted by molar-refractivity contribution is 6.20. The summed E-state index contributed by atoms with van der Waals surface area (Å²) in [7, 11) is 0. The fourth-order valence-electron chi connectivity index (χ4n) is 4.26. The number of aliphatic hydroxyl groups is 1. The molecule has 0 saturated heterocycles. The molecule has 0 aliphatic carbocycles. The van der Waals surface area contributed by atoms with Gasteiger partial charge in [0.05, 0.1) is 11.6 Å². The van der Waals surface area contributed by atoms with Crippen LogP contribution < -0.4 is 4.90 Å². The van der Waals surface area contributed by atoms with Crippen molar-refractivity contribution in [3.8, 4) is 0 Å². The lowest BCUT2D eigenvalue weighted by atomic mass is 9.93. The third-order valence-corrected chi connectivity index (χ3v) is 5.74. The number of amides is 1. The number of fused-ring (bicyclic) bond motifs is 1. The van der Waals surface area contributed by atoms with Crippen molar-refractivity contribution in [2.45, 2.75) is 19.9 Å². The van der Waals surface area contributed by atoms with Gasteiger partial charge < -0.3 is 9.52 Å². The van der Waals surface area contributed by atoms with Gasteiger partial charge in [-0.25, -0.2) is 0 Å². The Hall–Kier alpha value is -4.12. The number of rotatable bonds is 4. The van der Waals surface area contributed by atoms with Crippen LogP contribution in [-0.2, 0) is 4.79 Å². The Labute approximate surface area is 185 Å². The maximum atomic E-state index is 13.6. The lowest BCUT2D eigenvalue weighted by Gasteiger charge is -2.27. The topological polar surface area (TPSA) is 70.7 Å². The standard InChI is InChI=1S/C27H21NO4/c1-16-7-5-10-19(13-16)24-23(25(29)22-15-18-9-3-4-12-21(18)32-22)26(30)27(31)28(24)20-11-6-8-17(2)14-20/h3-15,24,30H,1-2H3. The Bertz CT molecular complexity index is 1380. The zero-order valence-corrected chi connectivity index (χ0v) is 17.7. The van der Waals surface area contributed by atoms with E-state index in [1.54, 1.807) is 18.2 Å². The second-order valence-corrected chi connectivity index (χ2v) is 8.07. The molecule has 1 aliphatic heterocycles. The van der Waals surface area contributed by atoms with E-state index in [0.717, 1.165) is 22.1 Å². The van der Waals surface area contributed by atoms with E-state index in [2.05, 4.69) is 0 Å². The molecule has 2 heterocycles. The quantitative estimate of drug-likeness (QED) is 0.419. The Morgan fingerprint density at radius 2 is 1.62 bits per heavy atom. The first-order valence-corrected chi connectivity index (χ1v) is 10.4. The Morgan fingerprint density at radius 3 is 2.34 bits per heavy atom. The lowest BCUT2D eigenvalue weighted by molar-refractivity contribution is -0.117. The zero-order chi connectivity index (χ0) is 22.4. The molecule has 1 unspecified atom stereocenters. The summed E-state index contributed by atoms with van der Waals surface area (Å²) in [6.07, 6.45) is 0. The molecule has 32 heavy (non-hydrogen) atoms. The predicted molar refractivity (Wildman–Crippen MR) is 123 cm³/mol. The number of benzene rings is 3. The van der Waals surface area contributed by atoms with Gasteiger partial charge in [0.2, 0.25) is 5.78 Å². The summed E-state index contributed by atoms with van der Waals surface area (Å²) in [6, 6.07) is 23.2. The van der Waals surface area contributed by atoms with Crippen LogP contribution in [0.15, 0.2) is 94.6 Å². The van der Waals surface area contributed by atoms with Crippen molar-refractivity contribution >= 4 is 28.3 Å². The van der Waals surface area contributed by atoms with Gasteiger partial charge in [-0.1, -0.05) is 60.2 Å². The summed E-state index contributed by atoms with van der Waals surface area (Å²) in [6.45, 7) is 3.88. The van der Waals surface area contributed by atoms with Gasteiger partial charge >= 0.3 is 0 Å². The normalized spacial score (nSPS) is 16.2. The second kappa shape index (κ2) is 7.54. The van der Waals surface area contributed by atoms with E-state index in [4.69, 9.17) is 4.42 Å². The fourth-order valence-corrected chi connectivity index (χ4v) is 4.26. The Morgan fingerprint density at radius 1 is 0.906 bits per heavy atom. The molecule has 1 aliphatic rings. The average molecular weight is 423 g/mol. The number of carbonyl (C=O) groups excluding carboxylic acids is 2. The highest BCUT2D eigenvalue weighted by Gasteiger charge is 2.45. The van der Waals surface area contributed by atoms with Crippen molar-refractivity contribution in [2.75, 3.05) is 4.90 Å². The van der Waals surface area contributed by atoms with E-state index in [1.165, 1.54) is 4.90 Å². The minimum atomic E-state index is -0.773. The number of carbonyl (C=O) groups is 2. The first-order chi connectivity index (χ1) is 15.4. The number of hydrogen-bond donors (Lipinski definition) is 1. The fraction of sp³-hybridized carbons (Fsp3) is 0.111. The number of aryl methyl sites for hydroxylation is 2. The Kier molecular flexibility index (Phi) is 4.67. The van der Waals surface area contributed by atoms with Crippen LogP contribution in [0.1, 0.15) is 33.3 Å². The van der Waals surface area contributed by atoms with E-state index in [0.29, 0.717) is 11.3 Å². The molecule has 0 saturated carbocycles. The largest absolute Gasteiger partial charge is 0.503 e. The molecule has 1 amide bonds. The third kappa shape index (κ3) is 3.19. The Balaban J connectivity index is 1.68. The van der Waals surface area contributed by atoms with E-state index < -0.39 is 23.5 Å². The van der Waals surface area contributed by atoms with Gasteiger partial charge in [-0.05, 0) is 49.2 Å². The minimum Gasteiger partial charge on any atom is -0.503 e. The summed E-state index contributed by atoms with van der Waals surface area (Å²) >= 11 is 0. The van der Waals surface area contributed by atoms with Crippen molar-refractivity contribution in [1.29, 1.82) is 0 Å². The number of ketones is 1. The van der Waals surface area contributed by atoms with Crippen LogP contribution in [0.4, 0.5) is 5.69 Å². The van der Waals surface area contributed by atoms with Crippen LogP contribution in [0.2, 0.25) is 0 Å². The van der Waals surface area contributed by atoms with Crippen LogP contribution in [-0.4, -0.2) is 16.8 Å². The number of para-hydroxylation sites is 1. The highest BCUT2D eigenvalue weighted by Crippen LogP contribution is 2.42. The van der Waals surface area contributed by atoms with Crippen LogP contribution in [0.3, 0.4) is 0 Å². The number of nitrogens with zero attached hydrogens (tertiary/aromatic N) is 1. The van der Waals surface area contributed by atoms with Crippen LogP contribution in [0.25, 0.3) is 11.0 Å². The van der Waals surface area contributed by atoms with E-state index in [9.17, 15) is 14.7 Å². The van der Waals surface area contributed by atoms with Gasteiger partial charge in [-0.2, -0.15) is 0 Å². The van der Waals surface area contributed by atoms with Crippen molar-refractivity contribution in [3.63, 3.8) is 0 Å². The average Bonchev–Trinajstić information content (AvgIpc) is 3.33. The predicted octanol–water partition coefficient (Wildman–Crippen LogP) is 5.83. The monoisotopic (exact) mass is 423 g/mol. The van der Waals surface area contributed by atoms with Gasteiger partial charge in [0.15, 0.2) is 11.5 Å². The van der Waals surface area contributed by atoms with Crippen molar-refractivity contribution < 1.29 is 19.1 Å². The number of furan rings is 1. The van der Waals surface area contributed by atoms with Crippen LogP contribution in [0.5, 0.6) is 0 Å². The first kappa shape index (κ1) is 19.8. The van der Waals surface area contributed by atoms with Crippen molar-refractivity contribution in [3.05, 3.63) is 113 Å². The number of aliphatic hydroxyl groups excluding tert-OH is 1. The SMILES string of the molecule is Cc1cccc(C2C(C(=O)c3cc4ccccc4o3)=C(O)C(=O)N2c2cccc(C)c2)c1. The number of anilines is 1. The molecule has 0 bridgehead atoms. The molecule has 0 radical (unpaired) electrons. The molecule has 1 atom stereocenters. The summed E-state index contributed by atoms with van der Waals surface area (Å²) in [5.74, 6) is -1.58. The molecule has 5 nitrogen and oxygen atoms in total. The first-order valence-electron chi connectivity index (χ1n) is 10.4. The van der Waals surface area contributed by atoms with Crippen LogP contribution in [0, 0.1) is 13.8 Å². The summed E-state index contributed by atoms with van der Waals surface area (Å²) < 4.78 is 5.77. The molecule has 0 fully saturated rings. The van der Waals surface area contributed by atoms with Crippen molar-refractivity contribution in [2.24, 2.45) is 0 Å². The van der Waals surface area contributed by atoms with Gasteiger partial charge in [0.25, 0.3) is 5.91 Å². The molecule has 1 aromatic heterocycles. The van der Waals surface area contributed by atoms with Gasteiger partial charge in [-0.15, -0.1) is 0 Å². The maximum absolute atomic E-state index is 13.6. The smallest absolute Gasteiger partial charge is 0.294 e. The van der Waals surface area contributed by atoms with Gasteiger partial charge in [0, 0.05) is 11.1 Å². The summed E-state index contributed by atoms with van der Waals surface area (Å²) in [5, 5.41) is 11.7. The molecule has 0 spiro atoms. The molecule has 4 aromatic rings. The maximum Gasteiger partial charge on any atom is 0.294 e. The molecule has 158 valence electrons. The van der Waals surface area contributed by atoms with Gasteiger partial charge in [0.1, 0.15) is 5.58 Å². The number of hydrogen-bond acceptors (Lipinski definition) is 4. The van der Waals surface area contributed by atoms with Crippen LogP contribution >= 0.6 is 0 Å². The third-order valence-electron chi connectivity index (χ3n) is 5.74. The molecule has 5 heteroatoms. The second-order valence-electron chi connectivity index (χ2n) is 8.07. The zero-order valence-electron chi connectivity index (χ0n) is 17.7. The minimum absolute atomic E-state index is 0.0150. The van der Waals surface area contributed by atoms with E-state index >= 15 is 0 Å². The number of Topliss-reactive ketones (excluding diaryl/α,β-unsaturated/α-hetero) is 1. The summed E-state index contributed by atoms with van der Waals surface area (Å²) in [5.41, 5.74) is 3.89. The van der Waals surface area contributed by atoms with Crippen molar-refractivity contribution in [1.82, 2.24) is 0 Å². The molecular formula is C27H21NO4. The highest BCUT2D eigenvalue weighted by atomic mass is 16.3. The lowest BCUT2D eigenvalue weighted by Crippen LogP contribution is -2.31. The summed E-state index contributed by atoms with van der Waals surface area (Å²) in [4.78, 5) is 28.3. The van der Waals surface area contributed by atoms with E-state index in [1.807, 2.05) is 74.5 Å². The molecular weight excluding hydrogens is 402 g/mol. The van der Waals surface area contributed by atoms with E-state index in [-0.39, 0.29) is 11.3 Å². The molecule has 5 rings (SSSR count). The van der Waals surface area contributed by atoms with Gasteiger partial charge in [-0.3, -0.25) is 14.5 Å². The molecule has 3 aromatic carbocycles.